The first-order chi connectivity index (χ1) is 16.6. The van der Waals surface area contributed by atoms with Crippen molar-refractivity contribution in [2.24, 2.45) is 0 Å². The number of fused-ring (bicyclic) bond motifs is 2. The van der Waals surface area contributed by atoms with Gasteiger partial charge in [-0.1, -0.05) is 50.2 Å². The Hall–Kier alpha value is -2.79. The molecule has 5 rings (SSSR count). The summed E-state index contributed by atoms with van der Waals surface area (Å²) in [5, 5.41) is 1.01. The van der Waals surface area contributed by atoms with Crippen LogP contribution in [0.2, 0.25) is 0 Å². The third-order valence-corrected chi connectivity index (χ3v) is 8.00. The molecule has 2 atom stereocenters. The van der Waals surface area contributed by atoms with Crippen LogP contribution in [0.25, 0.3) is 0 Å². The van der Waals surface area contributed by atoms with Crippen molar-refractivity contribution in [2.75, 3.05) is 0 Å². The van der Waals surface area contributed by atoms with Crippen LogP contribution in [0.4, 0.5) is 0 Å². The SMILES string of the molecule is CC(C)c1ccccc1OC1CC2CCC(C1)N2C(=O)c1ccc(CSc2ccccn2)cc1. The van der Waals surface area contributed by atoms with Crippen LogP contribution in [0.3, 0.4) is 0 Å². The summed E-state index contributed by atoms with van der Waals surface area (Å²) in [6.45, 7) is 4.41. The second-order valence-electron chi connectivity index (χ2n) is 9.65. The maximum atomic E-state index is 13.4. The summed E-state index contributed by atoms with van der Waals surface area (Å²) in [6.07, 6.45) is 5.95. The van der Waals surface area contributed by atoms with Crippen molar-refractivity contribution >= 4 is 17.7 Å². The predicted octanol–water partition coefficient (Wildman–Crippen LogP) is 6.71. The maximum absolute atomic E-state index is 13.4. The molecule has 1 amide bonds. The lowest BCUT2D eigenvalue weighted by Crippen LogP contribution is -2.49. The van der Waals surface area contributed by atoms with Gasteiger partial charge in [-0.15, -0.1) is 11.8 Å². The Kier molecular flexibility index (Phi) is 6.91. The number of hydrogen-bond acceptors (Lipinski definition) is 4. The van der Waals surface area contributed by atoms with Gasteiger partial charge in [0, 0.05) is 42.4 Å². The van der Waals surface area contributed by atoms with Gasteiger partial charge in [0.05, 0.1) is 5.03 Å². The molecule has 3 heterocycles. The molecule has 2 unspecified atom stereocenters. The largest absolute Gasteiger partial charge is 0.490 e. The van der Waals surface area contributed by atoms with Crippen molar-refractivity contribution in [3.63, 3.8) is 0 Å². The third-order valence-electron chi connectivity index (χ3n) is 6.98. The highest BCUT2D eigenvalue weighted by atomic mass is 32.2. The molecule has 1 aromatic heterocycles. The molecule has 2 aromatic carbocycles. The third kappa shape index (κ3) is 5.00. The number of rotatable bonds is 7. The molecule has 3 aromatic rings. The number of piperidine rings is 1. The van der Waals surface area contributed by atoms with E-state index < -0.39 is 0 Å². The number of carbonyl (C=O) groups is 1. The van der Waals surface area contributed by atoms with Crippen molar-refractivity contribution < 1.29 is 9.53 Å². The molecule has 0 saturated carbocycles. The fraction of sp³-hybridized carbons (Fsp3) is 0.379. The first-order valence-corrected chi connectivity index (χ1v) is 13.3. The molecule has 0 N–H and O–H groups in total. The fourth-order valence-electron chi connectivity index (χ4n) is 5.28. The zero-order valence-corrected chi connectivity index (χ0v) is 20.7. The monoisotopic (exact) mass is 472 g/mol. The smallest absolute Gasteiger partial charge is 0.254 e. The summed E-state index contributed by atoms with van der Waals surface area (Å²) in [5.74, 6) is 2.44. The van der Waals surface area contributed by atoms with Crippen LogP contribution in [-0.4, -0.2) is 34.0 Å². The predicted molar refractivity (Wildman–Crippen MR) is 137 cm³/mol. The first kappa shape index (κ1) is 23.0. The normalized spacial score (nSPS) is 21.6. The molecular formula is C29H32N2O2S. The molecule has 2 fully saturated rings. The van der Waals surface area contributed by atoms with Gasteiger partial charge < -0.3 is 9.64 Å². The Morgan fingerprint density at radius 3 is 2.38 bits per heavy atom. The number of amides is 1. The number of para-hydroxylation sites is 1. The van der Waals surface area contributed by atoms with Crippen LogP contribution in [0.15, 0.2) is 78.0 Å². The van der Waals surface area contributed by atoms with Gasteiger partial charge in [-0.25, -0.2) is 4.98 Å². The number of thioether (sulfide) groups is 1. The minimum atomic E-state index is 0.164. The van der Waals surface area contributed by atoms with Gasteiger partial charge in [0.1, 0.15) is 11.9 Å². The van der Waals surface area contributed by atoms with E-state index in [2.05, 4.69) is 54.1 Å². The zero-order chi connectivity index (χ0) is 23.5. The molecule has 0 spiro atoms. The highest BCUT2D eigenvalue weighted by molar-refractivity contribution is 7.98. The zero-order valence-electron chi connectivity index (χ0n) is 19.9. The van der Waals surface area contributed by atoms with Crippen LogP contribution in [0.5, 0.6) is 5.75 Å². The lowest BCUT2D eigenvalue weighted by atomic mass is 9.97. The molecule has 0 radical (unpaired) electrons. The molecule has 5 heteroatoms. The van der Waals surface area contributed by atoms with E-state index in [4.69, 9.17) is 4.74 Å². The average Bonchev–Trinajstić information content (AvgIpc) is 3.13. The summed E-state index contributed by atoms with van der Waals surface area (Å²) >= 11 is 1.71. The van der Waals surface area contributed by atoms with Crippen LogP contribution in [-0.2, 0) is 5.75 Å². The number of carbonyl (C=O) groups excluding carboxylic acids is 1. The standard InChI is InChI=1S/C29H32N2O2S/c1-20(2)26-7-3-4-8-27(26)33-25-17-23-14-15-24(18-25)31(23)29(32)22-12-10-21(11-13-22)19-34-28-9-5-6-16-30-28/h3-13,16,20,23-25H,14-15,17-19H2,1-2H3. The number of pyridine rings is 1. The van der Waals surface area contributed by atoms with Crippen molar-refractivity contribution in [3.8, 4) is 5.75 Å². The lowest BCUT2D eigenvalue weighted by molar-refractivity contribution is 0.0356. The summed E-state index contributed by atoms with van der Waals surface area (Å²) in [5.41, 5.74) is 3.24. The Labute approximate surface area is 206 Å². The van der Waals surface area contributed by atoms with Gasteiger partial charge in [0.25, 0.3) is 5.91 Å². The van der Waals surface area contributed by atoms with E-state index in [-0.39, 0.29) is 24.1 Å². The van der Waals surface area contributed by atoms with Crippen LogP contribution < -0.4 is 4.74 Å². The molecule has 2 aliphatic rings. The van der Waals surface area contributed by atoms with Crippen molar-refractivity contribution in [1.82, 2.24) is 9.88 Å². The lowest BCUT2D eigenvalue weighted by Gasteiger charge is -2.39. The second kappa shape index (κ2) is 10.2. The Bertz CT molecular complexity index is 1100. The summed E-state index contributed by atoms with van der Waals surface area (Å²) < 4.78 is 6.50. The van der Waals surface area contributed by atoms with Crippen molar-refractivity contribution in [3.05, 3.63) is 89.6 Å². The van der Waals surface area contributed by atoms with Crippen molar-refractivity contribution in [1.29, 1.82) is 0 Å². The first-order valence-electron chi connectivity index (χ1n) is 12.3. The van der Waals surface area contributed by atoms with Gasteiger partial charge in [0.15, 0.2) is 0 Å². The summed E-state index contributed by atoms with van der Waals surface area (Å²) in [4.78, 5) is 19.9. The Balaban J connectivity index is 1.21. The molecule has 176 valence electrons. The molecular weight excluding hydrogens is 440 g/mol. The van der Waals surface area contributed by atoms with Crippen LogP contribution in [0.1, 0.15) is 66.9 Å². The molecule has 2 bridgehead atoms. The van der Waals surface area contributed by atoms with Gasteiger partial charge in [-0.2, -0.15) is 0 Å². The molecule has 4 nitrogen and oxygen atoms in total. The van der Waals surface area contributed by atoms with E-state index >= 15 is 0 Å². The van der Waals surface area contributed by atoms with Gasteiger partial charge in [0.2, 0.25) is 0 Å². The second-order valence-corrected chi connectivity index (χ2v) is 10.7. The fourth-order valence-corrected chi connectivity index (χ4v) is 6.10. The Morgan fingerprint density at radius 1 is 1.00 bits per heavy atom. The minimum Gasteiger partial charge on any atom is -0.490 e. The molecule has 2 saturated heterocycles. The number of aromatic nitrogens is 1. The van der Waals surface area contributed by atoms with E-state index in [0.717, 1.165) is 47.8 Å². The molecule has 0 aliphatic carbocycles. The van der Waals surface area contributed by atoms with E-state index in [1.807, 2.05) is 42.6 Å². The van der Waals surface area contributed by atoms with Crippen LogP contribution in [0, 0.1) is 0 Å². The number of nitrogens with zero attached hydrogens (tertiary/aromatic N) is 2. The minimum absolute atomic E-state index is 0.164. The van der Waals surface area contributed by atoms with Gasteiger partial charge >= 0.3 is 0 Å². The highest BCUT2D eigenvalue weighted by Gasteiger charge is 2.44. The molecule has 2 aliphatic heterocycles. The summed E-state index contributed by atoms with van der Waals surface area (Å²) in [7, 11) is 0. The van der Waals surface area contributed by atoms with E-state index in [9.17, 15) is 4.79 Å². The highest BCUT2D eigenvalue weighted by Crippen LogP contribution is 2.39. The topological polar surface area (TPSA) is 42.4 Å². The quantitative estimate of drug-likeness (QED) is 0.358. The van der Waals surface area contributed by atoms with Crippen LogP contribution >= 0.6 is 11.8 Å². The number of benzene rings is 2. The molecule has 34 heavy (non-hydrogen) atoms. The van der Waals surface area contributed by atoms with E-state index in [1.54, 1.807) is 11.8 Å². The van der Waals surface area contributed by atoms with E-state index in [0.29, 0.717) is 5.92 Å². The Morgan fingerprint density at radius 2 is 1.71 bits per heavy atom. The van der Waals surface area contributed by atoms with Crippen molar-refractivity contribution in [2.45, 2.75) is 74.4 Å². The number of hydrogen-bond donors (Lipinski definition) is 0. The van der Waals surface area contributed by atoms with E-state index in [1.165, 1.54) is 11.1 Å². The van der Waals surface area contributed by atoms with Gasteiger partial charge in [-0.3, -0.25) is 4.79 Å². The summed E-state index contributed by atoms with van der Waals surface area (Å²) in [6, 6.07) is 23.0. The average molecular weight is 473 g/mol. The maximum Gasteiger partial charge on any atom is 0.254 e. The number of ether oxygens (including phenoxy) is 1. The van der Waals surface area contributed by atoms with Gasteiger partial charge in [-0.05, 0) is 60.2 Å².